The quantitative estimate of drug-likeness (QED) is 0.652. The van der Waals surface area contributed by atoms with Crippen molar-refractivity contribution >= 4 is 17.6 Å². The molecule has 1 aliphatic rings. The fraction of sp³-hybridized carbons (Fsp3) is 0.300. The van der Waals surface area contributed by atoms with Gasteiger partial charge in [0, 0.05) is 14.2 Å². The van der Waals surface area contributed by atoms with Gasteiger partial charge in [-0.15, -0.1) is 0 Å². The van der Waals surface area contributed by atoms with E-state index in [0.717, 1.165) is 11.4 Å². The van der Waals surface area contributed by atoms with Crippen LogP contribution in [0.2, 0.25) is 0 Å². The lowest BCUT2D eigenvalue weighted by Gasteiger charge is -2.29. The van der Waals surface area contributed by atoms with Crippen LogP contribution in [0.4, 0.5) is 11.4 Å². The van der Waals surface area contributed by atoms with E-state index < -0.39 is 0 Å². The summed E-state index contributed by atoms with van der Waals surface area (Å²) < 4.78 is 5.24. The standard InChI is InChI=1S/C10H12N2O/c1-12-9-6-4-3-5-8(9)11-7-10(12)13-2/h3-7,10H,1-2H3. The number of para-hydroxylation sites is 2. The molecule has 1 heterocycles. The van der Waals surface area contributed by atoms with Gasteiger partial charge in [0.2, 0.25) is 0 Å². The van der Waals surface area contributed by atoms with Gasteiger partial charge in [-0.25, -0.2) is 0 Å². The summed E-state index contributed by atoms with van der Waals surface area (Å²) in [6.45, 7) is 0. The highest BCUT2D eigenvalue weighted by molar-refractivity contribution is 5.82. The average Bonchev–Trinajstić information content (AvgIpc) is 2.19. The van der Waals surface area contributed by atoms with Crippen molar-refractivity contribution in [3.63, 3.8) is 0 Å². The number of nitrogens with zero attached hydrogens (tertiary/aromatic N) is 2. The molecule has 1 aromatic rings. The Balaban J connectivity index is 2.42. The van der Waals surface area contributed by atoms with Crippen molar-refractivity contribution in [2.45, 2.75) is 6.23 Å². The summed E-state index contributed by atoms with van der Waals surface area (Å²) in [5.41, 5.74) is 2.11. The molecule has 2 rings (SSSR count). The second-order valence-electron chi connectivity index (χ2n) is 3.00. The van der Waals surface area contributed by atoms with Crippen molar-refractivity contribution in [1.29, 1.82) is 0 Å². The van der Waals surface area contributed by atoms with E-state index in [9.17, 15) is 0 Å². The number of ether oxygens (including phenoxy) is 1. The molecule has 1 atom stereocenters. The van der Waals surface area contributed by atoms with E-state index in [0.29, 0.717) is 0 Å². The van der Waals surface area contributed by atoms with E-state index in [-0.39, 0.29) is 6.23 Å². The van der Waals surface area contributed by atoms with Gasteiger partial charge in [-0.05, 0) is 12.1 Å². The number of rotatable bonds is 1. The molecule has 3 nitrogen and oxygen atoms in total. The lowest BCUT2D eigenvalue weighted by Crippen LogP contribution is -2.36. The molecule has 0 bridgehead atoms. The van der Waals surface area contributed by atoms with Gasteiger partial charge in [-0.2, -0.15) is 0 Å². The fourth-order valence-electron chi connectivity index (χ4n) is 1.47. The summed E-state index contributed by atoms with van der Waals surface area (Å²) in [5, 5.41) is 0. The van der Waals surface area contributed by atoms with Gasteiger partial charge in [-0.3, -0.25) is 4.99 Å². The normalized spacial score (nSPS) is 20.2. The molecule has 3 heteroatoms. The molecule has 0 amide bonds. The Labute approximate surface area is 77.7 Å². The zero-order valence-electron chi connectivity index (χ0n) is 7.77. The summed E-state index contributed by atoms with van der Waals surface area (Å²) >= 11 is 0. The monoisotopic (exact) mass is 176 g/mol. The molecule has 1 aliphatic heterocycles. The molecule has 0 spiro atoms. The van der Waals surface area contributed by atoms with Crippen molar-refractivity contribution in [2.75, 3.05) is 19.1 Å². The molecule has 0 saturated carbocycles. The molecule has 68 valence electrons. The van der Waals surface area contributed by atoms with Gasteiger partial charge in [0.25, 0.3) is 0 Å². The minimum atomic E-state index is -0.0464. The first kappa shape index (κ1) is 8.26. The smallest absolute Gasteiger partial charge is 0.166 e. The number of aliphatic imine (C=N–C) groups is 1. The molecule has 0 N–H and O–H groups in total. The minimum absolute atomic E-state index is 0.0464. The lowest BCUT2D eigenvalue weighted by molar-refractivity contribution is 0.159. The second kappa shape index (κ2) is 3.18. The van der Waals surface area contributed by atoms with Gasteiger partial charge in [0.15, 0.2) is 6.23 Å². The summed E-state index contributed by atoms with van der Waals surface area (Å²) in [6.07, 6.45) is 1.76. The number of hydrogen-bond donors (Lipinski definition) is 0. The number of hydrogen-bond acceptors (Lipinski definition) is 3. The number of fused-ring (bicyclic) bond motifs is 1. The Hall–Kier alpha value is -1.35. The third-order valence-corrected chi connectivity index (χ3v) is 2.23. The number of anilines is 1. The maximum absolute atomic E-state index is 5.24. The predicted molar refractivity (Wildman–Crippen MR) is 53.8 cm³/mol. The molecule has 0 aliphatic carbocycles. The third kappa shape index (κ3) is 1.31. The van der Waals surface area contributed by atoms with Crippen LogP contribution in [0.3, 0.4) is 0 Å². The number of methoxy groups -OCH3 is 1. The molecule has 0 fully saturated rings. The highest BCUT2D eigenvalue weighted by Gasteiger charge is 2.18. The summed E-state index contributed by atoms with van der Waals surface area (Å²) in [4.78, 5) is 6.36. The Bertz CT molecular complexity index is 335. The minimum Gasteiger partial charge on any atom is -0.356 e. The fourth-order valence-corrected chi connectivity index (χ4v) is 1.47. The first-order valence-electron chi connectivity index (χ1n) is 4.22. The Kier molecular flexibility index (Phi) is 2.02. The first-order chi connectivity index (χ1) is 6.33. The van der Waals surface area contributed by atoms with Crippen molar-refractivity contribution in [2.24, 2.45) is 4.99 Å². The highest BCUT2D eigenvalue weighted by Crippen LogP contribution is 2.31. The van der Waals surface area contributed by atoms with Crippen LogP contribution in [-0.2, 0) is 4.74 Å². The summed E-state index contributed by atoms with van der Waals surface area (Å²) in [7, 11) is 3.68. The Morgan fingerprint density at radius 2 is 2.15 bits per heavy atom. The van der Waals surface area contributed by atoms with Gasteiger partial charge in [0.1, 0.15) is 0 Å². The van der Waals surface area contributed by atoms with E-state index in [1.807, 2.05) is 37.5 Å². The van der Waals surface area contributed by atoms with E-state index >= 15 is 0 Å². The molecule has 1 aromatic carbocycles. The van der Waals surface area contributed by atoms with Crippen LogP contribution in [0.5, 0.6) is 0 Å². The predicted octanol–water partition coefficient (Wildman–Crippen LogP) is 1.81. The van der Waals surface area contributed by atoms with Crippen LogP contribution in [-0.4, -0.2) is 26.6 Å². The molecule has 13 heavy (non-hydrogen) atoms. The van der Waals surface area contributed by atoms with Crippen LogP contribution >= 0.6 is 0 Å². The van der Waals surface area contributed by atoms with E-state index in [1.54, 1.807) is 7.11 Å². The first-order valence-corrected chi connectivity index (χ1v) is 4.22. The van der Waals surface area contributed by atoms with Crippen LogP contribution in [0.25, 0.3) is 0 Å². The van der Waals surface area contributed by atoms with Gasteiger partial charge in [-0.1, -0.05) is 12.1 Å². The Morgan fingerprint density at radius 1 is 1.38 bits per heavy atom. The second-order valence-corrected chi connectivity index (χ2v) is 3.00. The molecule has 0 radical (unpaired) electrons. The molecule has 1 unspecified atom stereocenters. The van der Waals surface area contributed by atoms with Gasteiger partial charge < -0.3 is 9.64 Å². The van der Waals surface area contributed by atoms with Crippen molar-refractivity contribution in [3.8, 4) is 0 Å². The van der Waals surface area contributed by atoms with Crippen LogP contribution in [0.15, 0.2) is 29.3 Å². The lowest BCUT2D eigenvalue weighted by atomic mass is 10.2. The topological polar surface area (TPSA) is 24.8 Å². The molecular weight excluding hydrogens is 164 g/mol. The maximum Gasteiger partial charge on any atom is 0.166 e. The maximum atomic E-state index is 5.24. The Morgan fingerprint density at radius 3 is 2.92 bits per heavy atom. The van der Waals surface area contributed by atoms with E-state index in [1.165, 1.54) is 0 Å². The van der Waals surface area contributed by atoms with Crippen molar-refractivity contribution in [3.05, 3.63) is 24.3 Å². The average molecular weight is 176 g/mol. The molecule has 0 aromatic heterocycles. The largest absolute Gasteiger partial charge is 0.356 e. The summed E-state index contributed by atoms with van der Waals surface area (Å²) in [6, 6.07) is 8.02. The van der Waals surface area contributed by atoms with E-state index in [4.69, 9.17) is 4.74 Å². The third-order valence-electron chi connectivity index (χ3n) is 2.23. The zero-order valence-corrected chi connectivity index (χ0v) is 7.77. The van der Waals surface area contributed by atoms with Gasteiger partial charge >= 0.3 is 0 Å². The van der Waals surface area contributed by atoms with Crippen molar-refractivity contribution in [1.82, 2.24) is 0 Å². The van der Waals surface area contributed by atoms with Crippen LogP contribution in [0, 0.1) is 0 Å². The summed E-state index contributed by atoms with van der Waals surface area (Å²) in [5.74, 6) is 0. The van der Waals surface area contributed by atoms with Crippen LogP contribution in [0.1, 0.15) is 0 Å². The van der Waals surface area contributed by atoms with E-state index in [2.05, 4.69) is 9.89 Å². The highest BCUT2D eigenvalue weighted by atomic mass is 16.5. The molecule has 0 saturated heterocycles. The van der Waals surface area contributed by atoms with Gasteiger partial charge in [0.05, 0.1) is 17.6 Å². The number of benzene rings is 1. The zero-order chi connectivity index (χ0) is 9.26. The van der Waals surface area contributed by atoms with Crippen molar-refractivity contribution < 1.29 is 4.74 Å². The van der Waals surface area contributed by atoms with Crippen LogP contribution < -0.4 is 4.90 Å². The SMILES string of the molecule is COC1C=Nc2ccccc2N1C. The molecular formula is C10H12N2O.